The van der Waals surface area contributed by atoms with Gasteiger partial charge in [-0.1, -0.05) is 17.7 Å². The first-order valence-corrected chi connectivity index (χ1v) is 13.5. The number of sulfonamides is 1. The Morgan fingerprint density at radius 2 is 1.68 bits per heavy atom. The van der Waals surface area contributed by atoms with Crippen LogP contribution in [0.1, 0.15) is 11.1 Å². The molecule has 1 aromatic heterocycles. The second-order valence-electron chi connectivity index (χ2n) is 8.36. The molecule has 0 radical (unpaired) electrons. The monoisotopic (exact) mass is 499 g/mol. The minimum Gasteiger partial charge on any atom is -0.484 e. The zero-order valence-corrected chi connectivity index (χ0v) is 21.0. The number of carbonyl (C=O) groups excluding carboxylic acids is 1. The maximum Gasteiger partial charge on any atom is 0.264 e. The van der Waals surface area contributed by atoms with E-state index < -0.39 is 10.0 Å². The first-order chi connectivity index (χ1) is 16.3. The molecule has 1 aliphatic heterocycles. The maximum absolute atomic E-state index is 12.9. The van der Waals surface area contributed by atoms with Crippen LogP contribution in [0.2, 0.25) is 0 Å². The third-order valence-corrected chi connectivity index (χ3v) is 8.49. The van der Waals surface area contributed by atoms with Crippen molar-refractivity contribution in [3.8, 4) is 5.75 Å². The van der Waals surface area contributed by atoms with Gasteiger partial charge in [-0.3, -0.25) is 14.0 Å². The molecular formula is C25H29N3O4S2. The van der Waals surface area contributed by atoms with E-state index in [0.717, 1.165) is 25.2 Å². The molecule has 0 unspecified atom stereocenters. The number of hydrogen-bond donors (Lipinski definition) is 0. The molecule has 1 saturated heterocycles. The van der Waals surface area contributed by atoms with E-state index in [1.807, 2.05) is 11.8 Å². The van der Waals surface area contributed by atoms with Gasteiger partial charge in [0.05, 0.1) is 10.6 Å². The third kappa shape index (κ3) is 5.78. The van der Waals surface area contributed by atoms with Crippen LogP contribution in [0.15, 0.2) is 70.3 Å². The molecule has 0 bridgehead atoms. The fraction of sp³-hybridized carbons (Fsp3) is 0.320. The number of amides is 1. The molecule has 4 rings (SSSR count). The number of anilines is 1. The molecule has 1 aliphatic rings. The molecule has 34 heavy (non-hydrogen) atoms. The number of nitrogens with zero attached hydrogens (tertiary/aromatic N) is 3. The van der Waals surface area contributed by atoms with Gasteiger partial charge in [0.2, 0.25) is 0 Å². The highest BCUT2D eigenvalue weighted by atomic mass is 32.2. The Bertz CT molecular complexity index is 1190. The largest absolute Gasteiger partial charge is 0.484 e. The van der Waals surface area contributed by atoms with Gasteiger partial charge in [-0.2, -0.15) is 11.3 Å². The lowest BCUT2D eigenvalue weighted by Crippen LogP contribution is -2.49. The lowest BCUT2D eigenvalue weighted by atomic mass is 10.2. The van der Waals surface area contributed by atoms with Gasteiger partial charge >= 0.3 is 0 Å². The van der Waals surface area contributed by atoms with Crippen LogP contribution in [0, 0.1) is 6.92 Å². The lowest BCUT2D eigenvalue weighted by Gasteiger charge is -2.34. The molecular weight excluding hydrogens is 470 g/mol. The smallest absolute Gasteiger partial charge is 0.264 e. The molecule has 3 aromatic rings. The molecule has 7 nitrogen and oxygen atoms in total. The van der Waals surface area contributed by atoms with Crippen molar-refractivity contribution in [1.82, 2.24) is 9.80 Å². The number of ether oxygens (including phenoxy) is 1. The third-order valence-electron chi connectivity index (χ3n) is 5.95. The molecule has 0 atom stereocenters. The minimum atomic E-state index is -3.65. The fourth-order valence-corrected chi connectivity index (χ4v) is 5.65. The highest BCUT2D eigenvalue weighted by Crippen LogP contribution is 2.24. The predicted octanol–water partition coefficient (Wildman–Crippen LogP) is 3.60. The van der Waals surface area contributed by atoms with Gasteiger partial charge in [0.15, 0.2) is 6.61 Å². The lowest BCUT2D eigenvalue weighted by molar-refractivity contribution is -0.135. The number of benzene rings is 2. The van der Waals surface area contributed by atoms with Gasteiger partial charge in [-0.15, -0.1) is 0 Å². The van der Waals surface area contributed by atoms with E-state index in [1.165, 1.54) is 16.9 Å². The molecule has 0 saturated carbocycles. The van der Waals surface area contributed by atoms with Crippen molar-refractivity contribution >= 4 is 33.0 Å². The molecule has 1 fully saturated rings. The van der Waals surface area contributed by atoms with Crippen LogP contribution in [0.3, 0.4) is 0 Å². The number of aryl methyl sites for hydroxylation is 1. The number of hydrogen-bond acceptors (Lipinski definition) is 6. The minimum absolute atomic E-state index is 0.0403. The normalized spacial score (nSPS) is 14.7. The van der Waals surface area contributed by atoms with Crippen molar-refractivity contribution in [3.63, 3.8) is 0 Å². The summed E-state index contributed by atoms with van der Waals surface area (Å²) in [5.74, 6) is 0.479. The van der Waals surface area contributed by atoms with Crippen molar-refractivity contribution in [2.45, 2.75) is 18.4 Å². The first-order valence-electron chi connectivity index (χ1n) is 11.1. The van der Waals surface area contributed by atoms with Crippen molar-refractivity contribution in [2.75, 3.05) is 44.1 Å². The fourth-order valence-electron chi connectivity index (χ4n) is 3.79. The standard InChI is InChI=1S/C25H29N3O4S2/c1-20-3-9-24(10-4-20)34(30,31)26(2)22-5-7-23(8-6-22)32-18-25(29)28-14-12-27(13-15-28)17-21-11-16-33-19-21/h3-11,16,19H,12-15,17-18H2,1-2H3. The second kappa shape index (κ2) is 10.6. The van der Waals surface area contributed by atoms with Crippen LogP contribution < -0.4 is 9.04 Å². The van der Waals surface area contributed by atoms with Crippen LogP contribution in [-0.4, -0.2) is 64.0 Å². The van der Waals surface area contributed by atoms with E-state index in [-0.39, 0.29) is 17.4 Å². The zero-order chi connectivity index (χ0) is 24.1. The van der Waals surface area contributed by atoms with E-state index in [9.17, 15) is 13.2 Å². The number of thiophene rings is 1. The Kier molecular flexibility index (Phi) is 7.55. The topological polar surface area (TPSA) is 70.2 Å². The summed E-state index contributed by atoms with van der Waals surface area (Å²) < 4.78 is 32.7. The Morgan fingerprint density at radius 3 is 2.29 bits per heavy atom. The summed E-state index contributed by atoms with van der Waals surface area (Å²) >= 11 is 1.70. The van der Waals surface area contributed by atoms with Gasteiger partial charge in [-0.25, -0.2) is 8.42 Å². The molecule has 1 amide bonds. The average Bonchev–Trinajstić information content (AvgIpc) is 3.36. The van der Waals surface area contributed by atoms with Crippen molar-refractivity contribution in [2.24, 2.45) is 0 Å². The summed E-state index contributed by atoms with van der Waals surface area (Å²) in [6, 6.07) is 15.6. The van der Waals surface area contributed by atoms with Crippen LogP contribution in [0.4, 0.5) is 5.69 Å². The van der Waals surface area contributed by atoms with Gasteiger partial charge in [0.1, 0.15) is 5.75 Å². The van der Waals surface area contributed by atoms with Crippen molar-refractivity contribution in [1.29, 1.82) is 0 Å². The number of rotatable bonds is 8. The molecule has 9 heteroatoms. The van der Waals surface area contributed by atoms with E-state index >= 15 is 0 Å². The SMILES string of the molecule is Cc1ccc(S(=O)(=O)N(C)c2ccc(OCC(=O)N3CCN(Cc4ccsc4)CC3)cc2)cc1. The quantitative estimate of drug-likeness (QED) is 0.474. The van der Waals surface area contributed by atoms with Crippen LogP contribution >= 0.6 is 11.3 Å². The van der Waals surface area contributed by atoms with Crippen LogP contribution in [0.25, 0.3) is 0 Å². The Hall–Kier alpha value is -2.88. The molecule has 2 heterocycles. The first kappa shape index (κ1) is 24.3. The Labute approximate surface area is 205 Å². The number of piperazine rings is 1. The average molecular weight is 500 g/mol. The highest BCUT2D eigenvalue weighted by molar-refractivity contribution is 7.92. The van der Waals surface area contributed by atoms with Crippen molar-refractivity contribution in [3.05, 3.63) is 76.5 Å². The summed E-state index contributed by atoms with van der Waals surface area (Å²) in [5, 5.41) is 4.24. The molecule has 0 spiro atoms. The van der Waals surface area contributed by atoms with E-state index in [2.05, 4.69) is 21.7 Å². The van der Waals surface area contributed by atoms with E-state index in [4.69, 9.17) is 4.74 Å². The molecule has 2 aromatic carbocycles. The Morgan fingerprint density at radius 1 is 1.00 bits per heavy atom. The van der Waals surface area contributed by atoms with Crippen LogP contribution in [-0.2, 0) is 21.4 Å². The predicted molar refractivity (Wildman–Crippen MR) is 135 cm³/mol. The van der Waals surface area contributed by atoms with Gasteiger partial charge in [0.25, 0.3) is 15.9 Å². The second-order valence-corrected chi connectivity index (χ2v) is 11.1. The highest BCUT2D eigenvalue weighted by Gasteiger charge is 2.23. The van der Waals surface area contributed by atoms with Gasteiger partial charge < -0.3 is 9.64 Å². The summed E-state index contributed by atoms with van der Waals surface area (Å²) in [4.78, 5) is 17.0. The zero-order valence-electron chi connectivity index (χ0n) is 19.4. The van der Waals surface area contributed by atoms with Crippen LogP contribution in [0.5, 0.6) is 5.75 Å². The summed E-state index contributed by atoms with van der Waals surface area (Å²) in [6.07, 6.45) is 0. The molecule has 180 valence electrons. The molecule has 0 aliphatic carbocycles. The summed E-state index contributed by atoms with van der Waals surface area (Å²) in [7, 11) is -2.13. The summed E-state index contributed by atoms with van der Waals surface area (Å²) in [6.45, 7) is 5.86. The summed E-state index contributed by atoms with van der Waals surface area (Å²) in [5.41, 5.74) is 2.83. The van der Waals surface area contributed by atoms with Gasteiger partial charge in [-0.05, 0) is 65.7 Å². The van der Waals surface area contributed by atoms with E-state index in [1.54, 1.807) is 59.9 Å². The molecule has 0 N–H and O–H groups in total. The van der Waals surface area contributed by atoms with E-state index in [0.29, 0.717) is 24.5 Å². The van der Waals surface area contributed by atoms with Gasteiger partial charge in [0, 0.05) is 39.8 Å². The number of carbonyl (C=O) groups is 1. The Balaban J connectivity index is 1.27. The maximum atomic E-state index is 12.9. The van der Waals surface area contributed by atoms with Crippen molar-refractivity contribution < 1.29 is 17.9 Å².